The van der Waals surface area contributed by atoms with Crippen LogP contribution in [0.1, 0.15) is 122 Å². The summed E-state index contributed by atoms with van der Waals surface area (Å²) in [6, 6.07) is 7.30. The fraction of sp³-hybridized carbons (Fsp3) is 0.390. The number of likely N-dealkylation sites (N-methyl/N-ethyl adjacent to an activating group) is 1. The van der Waals surface area contributed by atoms with E-state index in [2.05, 4.69) is 51.1 Å². The number of aromatic hydroxyl groups is 4. The number of halogens is 2. The summed E-state index contributed by atoms with van der Waals surface area (Å²) < 4.78 is 44.7. The summed E-state index contributed by atoms with van der Waals surface area (Å²) in [5.41, 5.74) is 4.81. The number of phenolic OH excluding ortho intramolecular Hbond substituents is 4. The highest BCUT2D eigenvalue weighted by Crippen LogP contribution is 2.50. The number of benzene rings is 7. The smallest absolute Gasteiger partial charge is 0.249 e. The number of rotatable bonds is 15. The van der Waals surface area contributed by atoms with Crippen LogP contribution in [0, 0.1) is 5.92 Å². The van der Waals surface area contributed by atoms with Gasteiger partial charge in [0.15, 0.2) is 23.0 Å². The van der Waals surface area contributed by atoms with Crippen molar-refractivity contribution in [3.05, 3.63) is 164 Å². The quantitative estimate of drug-likeness (QED) is 0.0652. The SMILES string of the molecule is CC(C)CCCCCCC(=O)N[C@H]1[C@H](Oc2c3cc4cc2Oc2ccc(cc2Cl)C[C@H]2NC(=O)[C@H](N)c5ccc(O)c(c5)Oc5cc(O)cc(c5)[C@H](NC2=O)C(=O)N[C@H]4C(=O)N[C@H]2C(=O)N[C@@H](Cc4ccc(c(Cl)c4)O3)C(=O)N[C@H](C(=O)N(C)C)c3cc(O)cc(O[C@H]4O[C@H](CO)[C@@H](O)[C@H](O)[C@@H]4O)c3-c3cc2ccc3O)O[C@H](CO)[C@@H](O)[C@@H]1O. The summed E-state index contributed by atoms with van der Waals surface area (Å²) in [5, 5.41) is 143. The number of fused-ring (bicyclic) bond motifs is 14. The van der Waals surface area contributed by atoms with Gasteiger partial charge in [0.1, 0.15) is 131 Å². The highest BCUT2D eigenvalue weighted by Gasteiger charge is 2.49. The summed E-state index contributed by atoms with van der Waals surface area (Å²) in [5.74, 6) is -14.1. The van der Waals surface area contributed by atoms with Gasteiger partial charge >= 0.3 is 0 Å². The first-order valence-corrected chi connectivity index (χ1v) is 39.0. The van der Waals surface area contributed by atoms with Gasteiger partial charge in [0.05, 0.1) is 23.3 Å². The topological polar surface area (TPSA) is 537 Å². The second kappa shape index (κ2) is 36.1. The van der Waals surface area contributed by atoms with Gasteiger partial charge in [0.25, 0.3) is 0 Å². The Morgan fingerprint density at radius 2 is 1.07 bits per heavy atom. The van der Waals surface area contributed by atoms with Crippen LogP contribution in [0.5, 0.6) is 69.0 Å². The average molecular weight is 1690 g/mol. The van der Waals surface area contributed by atoms with E-state index in [1.165, 1.54) is 74.8 Å². The molecule has 17 atom stereocenters. The highest BCUT2D eigenvalue weighted by atomic mass is 35.5. The molecule has 0 unspecified atom stereocenters. The molecule has 17 bridgehead atoms. The van der Waals surface area contributed by atoms with Crippen LogP contribution in [0.2, 0.25) is 10.0 Å². The minimum absolute atomic E-state index is 0.0702. The fourth-order valence-corrected chi connectivity index (χ4v) is 15.3. The largest absolute Gasteiger partial charge is 0.508 e. The van der Waals surface area contributed by atoms with Crippen molar-refractivity contribution >= 4 is 70.5 Å². The van der Waals surface area contributed by atoms with E-state index in [1.807, 2.05) is 0 Å². The third-order valence-electron chi connectivity index (χ3n) is 21.2. The first-order chi connectivity index (χ1) is 56.7. The number of aliphatic hydroxyl groups is 7. The number of nitrogens with zero attached hydrogens (tertiary/aromatic N) is 1. The van der Waals surface area contributed by atoms with Crippen LogP contribution < -0.4 is 66.6 Å². The van der Waals surface area contributed by atoms with Gasteiger partial charge in [0.2, 0.25) is 65.6 Å². The lowest BCUT2D eigenvalue weighted by Gasteiger charge is -2.42. The second-order valence-electron chi connectivity index (χ2n) is 30.4. The van der Waals surface area contributed by atoms with Gasteiger partial charge in [-0.3, -0.25) is 38.4 Å². The van der Waals surface area contributed by atoms with Gasteiger partial charge in [-0.1, -0.05) is 87.0 Å². The van der Waals surface area contributed by atoms with Crippen molar-refractivity contribution in [2.24, 2.45) is 11.7 Å². The zero-order chi connectivity index (χ0) is 85.3. The predicted octanol–water partition coefficient (Wildman–Crippen LogP) is 3.56. The van der Waals surface area contributed by atoms with Crippen LogP contribution in [0.4, 0.5) is 0 Å². The number of carbonyl (C=O) groups is 8. The van der Waals surface area contributed by atoms with Crippen molar-refractivity contribution in [3.8, 4) is 80.1 Å². The Morgan fingerprint density at radius 3 is 1.68 bits per heavy atom. The van der Waals surface area contributed by atoms with E-state index >= 15 is 24.0 Å². The Hall–Kier alpha value is -11.3. The van der Waals surface area contributed by atoms with Crippen molar-refractivity contribution in [1.82, 2.24) is 42.1 Å². The number of aliphatic hydroxyl groups excluding tert-OH is 7. The van der Waals surface area contributed by atoms with Gasteiger partial charge in [-0.05, 0) is 130 Å². The molecule has 7 aromatic rings. The lowest BCUT2D eigenvalue weighted by atomic mass is 9.89. The predicted molar refractivity (Wildman–Crippen MR) is 419 cm³/mol. The van der Waals surface area contributed by atoms with Gasteiger partial charge in [-0.15, -0.1) is 0 Å². The summed E-state index contributed by atoms with van der Waals surface area (Å²) in [6.45, 7) is 2.32. The number of nitrogens with two attached hydrogens (primary N) is 1. The summed E-state index contributed by atoms with van der Waals surface area (Å²) >= 11 is 14.5. The molecule has 0 aliphatic carbocycles. The maximum Gasteiger partial charge on any atom is 0.249 e. The minimum Gasteiger partial charge on any atom is -0.508 e. The van der Waals surface area contributed by atoms with Crippen LogP contribution in [0.3, 0.4) is 0 Å². The summed E-state index contributed by atoms with van der Waals surface area (Å²) in [6.07, 6.45) is -14.4. The average Bonchev–Trinajstić information content (AvgIpc) is 0.753. The number of unbranched alkanes of at least 4 members (excludes halogenated alkanes) is 3. The molecule has 632 valence electrons. The Bertz CT molecular complexity index is 5080. The number of ether oxygens (including phenoxy) is 7. The van der Waals surface area contributed by atoms with E-state index in [9.17, 15) is 70.6 Å². The molecule has 8 heterocycles. The zero-order valence-corrected chi connectivity index (χ0v) is 65.8. The monoisotopic (exact) mass is 1690 g/mol. The van der Waals surface area contributed by atoms with Gasteiger partial charge in [-0.25, -0.2) is 0 Å². The molecule has 0 aromatic heterocycles. The number of nitrogens with one attached hydrogen (secondary N) is 7. The molecule has 2 fully saturated rings. The Balaban J connectivity index is 1.04. The van der Waals surface area contributed by atoms with E-state index in [0.717, 1.165) is 78.8 Å². The molecule has 8 aliphatic heterocycles. The van der Waals surface area contributed by atoms with Crippen LogP contribution in [0.25, 0.3) is 11.1 Å². The maximum atomic E-state index is 16.7. The van der Waals surface area contributed by atoms with Gasteiger partial charge < -0.3 is 137 Å². The molecule has 20 N–H and O–H groups in total. The summed E-state index contributed by atoms with van der Waals surface area (Å²) in [4.78, 5) is 124. The lowest BCUT2D eigenvalue weighted by molar-refractivity contribution is -0.277. The van der Waals surface area contributed by atoms with Crippen molar-refractivity contribution in [1.29, 1.82) is 0 Å². The van der Waals surface area contributed by atoms with Crippen molar-refractivity contribution < 1.29 is 128 Å². The van der Waals surface area contributed by atoms with Crippen LogP contribution in [0.15, 0.2) is 115 Å². The molecule has 2 saturated heterocycles. The normalized spacial score (nSPS) is 26.3. The Labute approximate surface area is 689 Å². The molecule has 0 radical (unpaired) electrons. The first kappa shape index (κ1) is 85.6. The molecule has 35 nitrogen and oxygen atoms in total. The van der Waals surface area contributed by atoms with Crippen LogP contribution >= 0.6 is 23.2 Å². The van der Waals surface area contributed by atoms with E-state index in [1.54, 1.807) is 0 Å². The van der Waals surface area contributed by atoms with Crippen molar-refractivity contribution in [3.63, 3.8) is 0 Å². The van der Waals surface area contributed by atoms with E-state index in [0.29, 0.717) is 18.8 Å². The fourth-order valence-electron chi connectivity index (χ4n) is 14.8. The van der Waals surface area contributed by atoms with Gasteiger partial charge in [-0.2, -0.15) is 0 Å². The number of hydrogen-bond donors (Lipinski definition) is 19. The van der Waals surface area contributed by atoms with Crippen molar-refractivity contribution in [2.75, 3.05) is 27.3 Å². The number of hydrogen-bond acceptors (Lipinski definition) is 27. The minimum atomic E-state index is -2.34. The number of amides is 8. The third-order valence-corrected chi connectivity index (χ3v) is 21.8. The van der Waals surface area contributed by atoms with Crippen LogP contribution in [-0.2, 0) is 60.7 Å². The first-order valence-electron chi connectivity index (χ1n) is 38.2. The second-order valence-corrected chi connectivity index (χ2v) is 31.3. The highest BCUT2D eigenvalue weighted by molar-refractivity contribution is 6.32. The lowest BCUT2D eigenvalue weighted by Crippen LogP contribution is -2.65. The third kappa shape index (κ3) is 18.8. The number of phenols is 4. The molecular weight excluding hydrogens is 1600 g/mol. The Kier molecular flexibility index (Phi) is 26.0. The molecule has 0 saturated carbocycles. The molecule has 8 aliphatic rings. The van der Waals surface area contributed by atoms with E-state index in [4.69, 9.17) is 62.1 Å². The van der Waals surface area contributed by atoms with E-state index < -0.39 is 240 Å². The van der Waals surface area contributed by atoms with Crippen molar-refractivity contribution in [2.45, 2.75) is 169 Å². The molecular formula is C82H89Cl2N9O26. The zero-order valence-electron chi connectivity index (χ0n) is 64.3. The number of carbonyl (C=O) groups excluding carboxylic acids is 8. The summed E-state index contributed by atoms with van der Waals surface area (Å²) in [7, 11) is 2.64. The molecule has 7 aromatic carbocycles. The molecule has 119 heavy (non-hydrogen) atoms. The molecule has 37 heteroatoms. The van der Waals surface area contributed by atoms with Gasteiger partial charge in [0, 0.05) is 56.6 Å². The standard InChI is InChI=1S/C82H89Cl2N9O26/c1-34(2)9-7-5-6-8-10-60(100)88-67-70(103)68(101)58(32-94)117-81(67)119-73-56-27-40-28-57(73)115-53-18-12-36(20-47(53)84)22-49-75(107)92-66(80(112)93(3)4)45-30-42(97)31-55(116-82-72(105)71(104)69(102)59(33-95)118-82)61(45)44-25-38(14-15-50(44)98)63(77(109)87-49)90-79(111)65(40)91-78(110)64-39-23-41(96)29-43(24-39)113-54-26-37(13-16-51(54)99)62(85)76(108)86-48(74(106)89-64)21-35-11-17-52(114-56)46(83)19-35/h11-20,23-31,34,48-49,58-59,62-72,81-82,94-99,101-105H,5-10,21-22,32-33,85H2,1-4H3,(H,86,108)(H,87,109)(H,88,100)(H,89,106)(H,90,111)(H,91,110)(H,92,107)/t48-,49+,58-,59-,62-,63-,64+,65-,66+,67-,68-,69-,70-,71+,72+,81+,82+/m1/s1. The molecule has 8 amide bonds. The molecule has 15 rings (SSSR count). The molecule has 0 spiro atoms. The maximum absolute atomic E-state index is 16.7. The van der Waals surface area contributed by atoms with E-state index in [-0.39, 0.29) is 72.8 Å². The Morgan fingerprint density at radius 1 is 0.529 bits per heavy atom. The van der Waals surface area contributed by atoms with Crippen LogP contribution in [-0.4, -0.2) is 209 Å².